The predicted octanol–water partition coefficient (Wildman–Crippen LogP) is 5.04. The van der Waals surface area contributed by atoms with Gasteiger partial charge in [-0.15, -0.1) is 0 Å². The zero-order valence-electron chi connectivity index (χ0n) is 21.2. The molecule has 200 valence electrons. The summed E-state index contributed by atoms with van der Waals surface area (Å²) in [6.45, 7) is 1.48. The molecule has 38 heavy (non-hydrogen) atoms. The van der Waals surface area contributed by atoms with Gasteiger partial charge in [-0.2, -0.15) is 5.10 Å². The summed E-state index contributed by atoms with van der Waals surface area (Å²) in [6.07, 6.45) is 10.7. The van der Waals surface area contributed by atoms with Gasteiger partial charge < -0.3 is 4.74 Å². The van der Waals surface area contributed by atoms with Gasteiger partial charge in [0, 0.05) is 59.2 Å². The van der Waals surface area contributed by atoms with E-state index in [0.717, 1.165) is 66.0 Å². The van der Waals surface area contributed by atoms with Gasteiger partial charge in [-0.05, 0) is 74.8 Å². The number of sulfonamides is 1. The van der Waals surface area contributed by atoms with Crippen molar-refractivity contribution in [2.24, 2.45) is 11.8 Å². The highest BCUT2D eigenvalue weighted by molar-refractivity contribution is 7.89. The molecule has 0 amide bonds. The molecule has 1 aromatic carbocycles. The maximum atomic E-state index is 13.4. The van der Waals surface area contributed by atoms with Gasteiger partial charge in [0.1, 0.15) is 11.6 Å². The van der Waals surface area contributed by atoms with Crippen molar-refractivity contribution in [3.8, 4) is 5.75 Å². The Bertz CT molecular complexity index is 1520. The first-order valence-corrected chi connectivity index (χ1v) is 15.0. The molecule has 0 spiro atoms. The van der Waals surface area contributed by atoms with Crippen LogP contribution in [0.3, 0.4) is 0 Å². The summed E-state index contributed by atoms with van der Waals surface area (Å²) < 4.78 is 47.3. The van der Waals surface area contributed by atoms with E-state index in [1.807, 2.05) is 12.3 Å². The number of piperidine rings is 1. The van der Waals surface area contributed by atoms with Crippen molar-refractivity contribution >= 4 is 31.8 Å². The van der Waals surface area contributed by atoms with Crippen LogP contribution in [0.1, 0.15) is 50.1 Å². The Hall–Kier alpha value is -3.11. The van der Waals surface area contributed by atoms with Crippen molar-refractivity contribution in [3.05, 3.63) is 60.4 Å². The van der Waals surface area contributed by atoms with Crippen molar-refractivity contribution in [2.45, 2.75) is 44.4 Å². The van der Waals surface area contributed by atoms with Crippen LogP contribution < -0.4 is 4.74 Å². The fourth-order valence-corrected chi connectivity index (χ4v) is 8.06. The van der Waals surface area contributed by atoms with Crippen molar-refractivity contribution < 1.29 is 17.5 Å². The minimum atomic E-state index is -3.35. The molecule has 0 bridgehead atoms. The molecule has 4 heterocycles. The van der Waals surface area contributed by atoms with Crippen LogP contribution in [0.15, 0.2) is 48.9 Å². The Labute approximate surface area is 221 Å². The number of rotatable bonds is 7. The molecule has 2 aliphatic rings. The molecule has 1 aliphatic heterocycles. The number of H-pyrrole nitrogens is 1. The second kappa shape index (κ2) is 10.6. The van der Waals surface area contributed by atoms with Gasteiger partial charge in [0.05, 0.1) is 18.6 Å². The first-order chi connectivity index (χ1) is 18.5. The lowest BCUT2D eigenvalue weighted by Crippen LogP contribution is -2.43. The molecule has 4 aromatic rings. The minimum Gasteiger partial charge on any atom is -0.493 e. The van der Waals surface area contributed by atoms with Crippen LogP contribution in [0.5, 0.6) is 5.75 Å². The lowest BCUT2D eigenvalue weighted by atomic mass is 9.80. The minimum absolute atomic E-state index is 0.130. The number of hydrogen-bond acceptors (Lipinski definition) is 6. The molecule has 8 nitrogen and oxygen atoms in total. The maximum Gasteiger partial charge on any atom is 0.214 e. The monoisotopic (exact) mass is 537 g/mol. The number of ether oxygens (including phenoxy) is 1. The van der Waals surface area contributed by atoms with Crippen LogP contribution >= 0.6 is 0 Å². The fourth-order valence-electron chi connectivity index (χ4n) is 6.08. The second-order valence-corrected chi connectivity index (χ2v) is 12.7. The number of nitrogens with zero attached hydrogens (tertiary/aromatic N) is 4. The second-order valence-electron chi connectivity index (χ2n) is 10.7. The van der Waals surface area contributed by atoms with E-state index in [1.54, 1.807) is 28.8 Å². The Morgan fingerprint density at radius 2 is 1.82 bits per heavy atom. The van der Waals surface area contributed by atoms with E-state index in [2.05, 4.69) is 20.2 Å². The molecule has 3 aromatic heterocycles. The van der Waals surface area contributed by atoms with Gasteiger partial charge in [0.15, 0.2) is 5.65 Å². The number of nitrogens with one attached hydrogen (secondary N) is 1. The Balaban J connectivity index is 1.07. The van der Waals surface area contributed by atoms with E-state index in [4.69, 9.17) is 4.74 Å². The predicted molar refractivity (Wildman–Crippen MR) is 144 cm³/mol. The summed E-state index contributed by atoms with van der Waals surface area (Å²) in [7, 11) is -3.35. The normalized spacial score (nSPS) is 23.1. The lowest BCUT2D eigenvalue weighted by molar-refractivity contribution is 0.179. The van der Waals surface area contributed by atoms with E-state index >= 15 is 0 Å². The van der Waals surface area contributed by atoms with Crippen molar-refractivity contribution in [1.29, 1.82) is 0 Å². The molecule has 1 unspecified atom stereocenters. The van der Waals surface area contributed by atoms with Crippen LogP contribution in [0, 0.1) is 17.7 Å². The molecular weight excluding hydrogens is 505 g/mol. The van der Waals surface area contributed by atoms with Gasteiger partial charge in [0.2, 0.25) is 10.0 Å². The summed E-state index contributed by atoms with van der Waals surface area (Å²) in [4.78, 5) is 8.78. The topological polar surface area (TPSA) is 101 Å². The van der Waals surface area contributed by atoms with Crippen molar-refractivity contribution in [3.63, 3.8) is 0 Å². The number of benzene rings is 1. The van der Waals surface area contributed by atoms with Gasteiger partial charge in [-0.1, -0.05) is 0 Å². The van der Waals surface area contributed by atoms with E-state index in [9.17, 15) is 12.8 Å². The van der Waals surface area contributed by atoms with Crippen molar-refractivity contribution in [1.82, 2.24) is 24.5 Å². The third-order valence-corrected chi connectivity index (χ3v) is 10.1. The summed E-state index contributed by atoms with van der Waals surface area (Å²) in [6, 6.07) is 7.94. The van der Waals surface area contributed by atoms with Gasteiger partial charge in [0.25, 0.3) is 0 Å². The number of aromatic amines is 1. The average Bonchev–Trinajstić information content (AvgIpc) is 3.42. The molecule has 6 rings (SSSR count). The summed E-state index contributed by atoms with van der Waals surface area (Å²) in [5.74, 6) is 1.08. The largest absolute Gasteiger partial charge is 0.493 e. The first-order valence-electron chi connectivity index (χ1n) is 13.4. The molecule has 1 N–H and O–H groups in total. The number of fused-ring (bicyclic) bond motifs is 3. The third kappa shape index (κ3) is 5.24. The molecule has 10 heteroatoms. The highest BCUT2D eigenvalue weighted by Crippen LogP contribution is 2.39. The Kier molecular flexibility index (Phi) is 7.01. The molecule has 1 saturated heterocycles. The highest BCUT2D eigenvalue weighted by atomic mass is 32.2. The van der Waals surface area contributed by atoms with E-state index in [-0.39, 0.29) is 23.4 Å². The van der Waals surface area contributed by atoms with Crippen LogP contribution in [-0.4, -0.2) is 58.3 Å². The smallest absolute Gasteiger partial charge is 0.214 e. The maximum absolute atomic E-state index is 13.4. The van der Waals surface area contributed by atoms with Crippen LogP contribution in [0.4, 0.5) is 4.39 Å². The summed E-state index contributed by atoms with van der Waals surface area (Å²) in [5.41, 5.74) is 1.84. The van der Waals surface area contributed by atoms with Crippen LogP contribution in [-0.2, 0) is 10.0 Å². The van der Waals surface area contributed by atoms with Crippen LogP contribution in [0.25, 0.3) is 21.8 Å². The summed E-state index contributed by atoms with van der Waals surface area (Å²) >= 11 is 0. The number of pyridine rings is 1. The quantitative estimate of drug-likeness (QED) is 0.355. The molecule has 1 saturated carbocycles. The van der Waals surface area contributed by atoms with Gasteiger partial charge in [-0.25, -0.2) is 27.1 Å². The van der Waals surface area contributed by atoms with Crippen molar-refractivity contribution in [2.75, 3.05) is 25.4 Å². The first kappa shape index (κ1) is 25.2. The van der Waals surface area contributed by atoms with E-state index in [0.29, 0.717) is 31.4 Å². The van der Waals surface area contributed by atoms with Crippen LogP contribution in [0.2, 0.25) is 0 Å². The molecule has 2 fully saturated rings. The zero-order chi connectivity index (χ0) is 26.1. The van der Waals surface area contributed by atoms with Gasteiger partial charge in [-0.3, -0.25) is 5.10 Å². The summed E-state index contributed by atoms with van der Waals surface area (Å²) in [5, 5.41) is 10.7. The lowest BCUT2D eigenvalue weighted by Gasteiger charge is -2.34. The third-order valence-electron chi connectivity index (χ3n) is 8.10. The molecule has 0 radical (unpaired) electrons. The number of aromatic nitrogens is 4. The molecule has 1 atom stereocenters. The van der Waals surface area contributed by atoms with E-state index < -0.39 is 10.0 Å². The molecule has 1 aliphatic carbocycles. The Morgan fingerprint density at radius 1 is 1.00 bits per heavy atom. The van der Waals surface area contributed by atoms with E-state index in [1.165, 1.54) is 12.1 Å². The SMILES string of the molecule is O=S(=O)(CC1CCC(c2[nH]ncc3cnc4nccc4c23)CC1)N1CCCC(COc2ccc(F)cc2)C1. The standard InChI is InChI=1S/C28H32FN5O3S/c29-23-7-9-24(10-8-23)37-17-20-2-1-13-34(16-20)38(35,36)18-19-3-5-21(6-4-19)27-26-22(15-32-33-27)14-31-28-25(26)11-12-30-28/h7-12,14-15,19-21,33H,1-6,13,16-18H2. The highest BCUT2D eigenvalue weighted by Gasteiger charge is 2.33. The zero-order valence-corrected chi connectivity index (χ0v) is 22.0. The van der Waals surface area contributed by atoms with Gasteiger partial charge >= 0.3 is 0 Å². The Morgan fingerprint density at radius 3 is 2.63 bits per heavy atom. The molecular formula is C28H32FN5O3S. The number of hydrogen-bond donors (Lipinski definition) is 1. The number of halogens is 1. The fraction of sp³-hybridized carbons (Fsp3) is 0.464. The average molecular weight is 538 g/mol.